The first-order chi connectivity index (χ1) is 8.16. The predicted octanol–water partition coefficient (Wildman–Crippen LogP) is 1.09. The summed E-state index contributed by atoms with van der Waals surface area (Å²) in [5.74, 6) is -0.917. The highest BCUT2D eigenvalue weighted by Crippen LogP contribution is 2.16. The Hall–Kier alpha value is -1.62. The van der Waals surface area contributed by atoms with Crippen LogP contribution in [0.4, 0.5) is 10.1 Å². The van der Waals surface area contributed by atoms with Gasteiger partial charge in [-0.3, -0.25) is 4.79 Å². The zero-order valence-electron chi connectivity index (χ0n) is 9.50. The monoisotopic (exact) mass is 237 g/mol. The normalized spacial score (nSPS) is 19.2. The van der Waals surface area contributed by atoms with E-state index in [1.54, 1.807) is 0 Å². The van der Waals surface area contributed by atoms with E-state index in [0.29, 0.717) is 23.8 Å². The molecule has 0 aliphatic carbocycles. The van der Waals surface area contributed by atoms with Crippen LogP contribution >= 0.6 is 0 Å². The van der Waals surface area contributed by atoms with E-state index in [9.17, 15) is 9.18 Å². The van der Waals surface area contributed by atoms with Crippen LogP contribution in [0.25, 0.3) is 0 Å². The minimum absolute atomic E-state index is 0.313. The molecule has 1 aromatic rings. The summed E-state index contributed by atoms with van der Waals surface area (Å²) in [4.78, 5) is 11.0. The molecule has 0 bridgehead atoms. The minimum atomic E-state index is -0.549. The number of rotatable bonds is 4. The molecule has 5 heteroatoms. The molecule has 1 amide bonds. The third kappa shape index (κ3) is 2.94. The summed E-state index contributed by atoms with van der Waals surface area (Å²) in [5, 5.41) is 6.31. The van der Waals surface area contributed by atoms with Gasteiger partial charge in [-0.15, -0.1) is 0 Å². The molecule has 0 spiro atoms. The molecule has 2 rings (SSSR count). The zero-order chi connectivity index (χ0) is 12.3. The highest BCUT2D eigenvalue weighted by Gasteiger charge is 2.14. The van der Waals surface area contributed by atoms with Crippen molar-refractivity contribution in [2.75, 3.05) is 18.4 Å². The molecule has 17 heavy (non-hydrogen) atoms. The average molecular weight is 237 g/mol. The lowest BCUT2D eigenvalue weighted by molar-refractivity contribution is 0.100. The second-order valence-electron chi connectivity index (χ2n) is 4.23. The van der Waals surface area contributed by atoms with Gasteiger partial charge in [-0.25, -0.2) is 4.39 Å². The molecule has 1 unspecified atom stereocenters. The Morgan fingerprint density at radius 3 is 3.06 bits per heavy atom. The lowest BCUT2D eigenvalue weighted by Gasteiger charge is -2.13. The van der Waals surface area contributed by atoms with E-state index in [4.69, 9.17) is 5.73 Å². The molecule has 92 valence electrons. The highest BCUT2D eigenvalue weighted by atomic mass is 19.1. The largest absolute Gasteiger partial charge is 0.381 e. The molecule has 0 saturated carbocycles. The van der Waals surface area contributed by atoms with Gasteiger partial charge in [-0.1, -0.05) is 0 Å². The number of carbonyl (C=O) groups excluding carboxylic acids is 1. The van der Waals surface area contributed by atoms with Crippen LogP contribution in [0, 0.1) is 5.82 Å². The number of nitrogens with one attached hydrogen (secondary N) is 2. The van der Waals surface area contributed by atoms with Gasteiger partial charge in [0.2, 0.25) is 5.91 Å². The number of hydrogen-bond donors (Lipinski definition) is 3. The van der Waals surface area contributed by atoms with Crippen LogP contribution in [0.3, 0.4) is 0 Å². The quantitative estimate of drug-likeness (QED) is 0.734. The summed E-state index contributed by atoms with van der Waals surface area (Å²) in [5.41, 5.74) is 5.79. The smallest absolute Gasteiger partial charge is 0.248 e. The van der Waals surface area contributed by atoms with E-state index < -0.39 is 5.91 Å². The third-order valence-electron chi connectivity index (χ3n) is 2.95. The maximum atomic E-state index is 13.5. The fourth-order valence-electron chi connectivity index (χ4n) is 1.98. The zero-order valence-corrected chi connectivity index (χ0v) is 9.50. The van der Waals surface area contributed by atoms with Crippen LogP contribution < -0.4 is 16.4 Å². The Morgan fingerprint density at radius 2 is 2.41 bits per heavy atom. The van der Waals surface area contributed by atoms with Crippen molar-refractivity contribution >= 4 is 11.6 Å². The molecule has 1 fully saturated rings. The number of nitrogens with two attached hydrogens (primary N) is 1. The molecular weight excluding hydrogens is 221 g/mol. The van der Waals surface area contributed by atoms with E-state index in [2.05, 4.69) is 10.6 Å². The van der Waals surface area contributed by atoms with Crippen molar-refractivity contribution in [3.8, 4) is 0 Å². The fourth-order valence-corrected chi connectivity index (χ4v) is 1.98. The van der Waals surface area contributed by atoms with Gasteiger partial charge in [0, 0.05) is 18.2 Å². The number of amides is 1. The first kappa shape index (κ1) is 11.9. The van der Waals surface area contributed by atoms with Crippen molar-refractivity contribution in [3.63, 3.8) is 0 Å². The fraction of sp³-hybridized carbons (Fsp3) is 0.417. The number of benzene rings is 1. The number of halogens is 1. The van der Waals surface area contributed by atoms with Gasteiger partial charge in [-0.2, -0.15) is 0 Å². The van der Waals surface area contributed by atoms with Crippen LogP contribution in [0.1, 0.15) is 23.2 Å². The molecule has 1 saturated heterocycles. The van der Waals surface area contributed by atoms with Gasteiger partial charge in [0.05, 0.1) is 5.69 Å². The van der Waals surface area contributed by atoms with Crippen LogP contribution in [0.2, 0.25) is 0 Å². The summed E-state index contributed by atoms with van der Waals surface area (Å²) in [7, 11) is 0. The Morgan fingerprint density at radius 1 is 1.59 bits per heavy atom. The maximum absolute atomic E-state index is 13.5. The number of anilines is 1. The average Bonchev–Trinajstić information content (AvgIpc) is 2.80. The van der Waals surface area contributed by atoms with Crippen molar-refractivity contribution in [2.45, 2.75) is 18.9 Å². The summed E-state index contributed by atoms with van der Waals surface area (Å²) in [6.45, 7) is 1.66. The first-order valence-electron chi connectivity index (χ1n) is 5.73. The van der Waals surface area contributed by atoms with Gasteiger partial charge in [0.15, 0.2) is 0 Å². The number of hydrogen-bond acceptors (Lipinski definition) is 3. The predicted molar refractivity (Wildman–Crippen MR) is 64.4 cm³/mol. The summed E-state index contributed by atoms with van der Waals surface area (Å²) >= 11 is 0. The Kier molecular flexibility index (Phi) is 3.58. The second-order valence-corrected chi connectivity index (χ2v) is 4.23. The highest BCUT2D eigenvalue weighted by molar-refractivity contribution is 5.93. The van der Waals surface area contributed by atoms with E-state index in [0.717, 1.165) is 19.4 Å². The number of primary amides is 1. The summed E-state index contributed by atoms with van der Waals surface area (Å²) in [6.07, 6.45) is 2.24. The number of carbonyl (C=O) groups is 1. The van der Waals surface area contributed by atoms with Crippen LogP contribution in [0.5, 0.6) is 0 Å². The molecule has 1 heterocycles. The van der Waals surface area contributed by atoms with Crippen molar-refractivity contribution in [1.29, 1.82) is 0 Å². The third-order valence-corrected chi connectivity index (χ3v) is 2.95. The molecule has 4 nitrogen and oxygen atoms in total. The molecule has 1 aromatic carbocycles. The molecular formula is C12H16FN3O. The lowest BCUT2D eigenvalue weighted by Crippen LogP contribution is -2.29. The minimum Gasteiger partial charge on any atom is -0.381 e. The summed E-state index contributed by atoms with van der Waals surface area (Å²) in [6, 6.07) is 4.46. The van der Waals surface area contributed by atoms with Crippen molar-refractivity contribution in [3.05, 3.63) is 29.6 Å². The Balaban J connectivity index is 2.03. The molecule has 1 aliphatic rings. The van der Waals surface area contributed by atoms with Crippen LogP contribution in [0.15, 0.2) is 18.2 Å². The van der Waals surface area contributed by atoms with E-state index in [1.165, 1.54) is 18.2 Å². The van der Waals surface area contributed by atoms with Gasteiger partial charge in [0.25, 0.3) is 0 Å². The summed E-state index contributed by atoms with van der Waals surface area (Å²) < 4.78 is 13.5. The second kappa shape index (κ2) is 5.14. The maximum Gasteiger partial charge on any atom is 0.248 e. The standard InChI is InChI=1S/C12H16FN3O/c13-10-4-3-8(12(14)17)6-11(10)16-7-9-2-1-5-15-9/h3-4,6,9,15-16H,1-2,5,7H2,(H2,14,17). The molecule has 0 aromatic heterocycles. The van der Waals surface area contributed by atoms with Gasteiger partial charge in [-0.05, 0) is 37.6 Å². The molecule has 1 atom stereocenters. The van der Waals surface area contributed by atoms with Crippen molar-refractivity contribution in [1.82, 2.24) is 5.32 Å². The van der Waals surface area contributed by atoms with Gasteiger partial charge in [0.1, 0.15) is 5.82 Å². The van der Waals surface area contributed by atoms with Gasteiger partial charge >= 0.3 is 0 Å². The molecule has 4 N–H and O–H groups in total. The van der Waals surface area contributed by atoms with Crippen LogP contribution in [-0.4, -0.2) is 25.0 Å². The van der Waals surface area contributed by atoms with Crippen molar-refractivity contribution < 1.29 is 9.18 Å². The van der Waals surface area contributed by atoms with Crippen molar-refractivity contribution in [2.24, 2.45) is 5.73 Å². The van der Waals surface area contributed by atoms with E-state index in [-0.39, 0.29) is 5.82 Å². The first-order valence-corrected chi connectivity index (χ1v) is 5.73. The topological polar surface area (TPSA) is 67.2 Å². The lowest BCUT2D eigenvalue weighted by atomic mass is 10.1. The van der Waals surface area contributed by atoms with E-state index >= 15 is 0 Å². The SMILES string of the molecule is NC(=O)c1ccc(F)c(NCC2CCCN2)c1. The molecule has 0 radical (unpaired) electrons. The molecule has 1 aliphatic heterocycles. The Bertz CT molecular complexity index is 416. The van der Waals surface area contributed by atoms with Crippen LogP contribution in [-0.2, 0) is 0 Å². The van der Waals surface area contributed by atoms with Gasteiger partial charge < -0.3 is 16.4 Å². The van der Waals surface area contributed by atoms with E-state index in [1.807, 2.05) is 0 Å². The Labute approximate surface area is 99.4 Å².